The lowest BCUT2D eigenvalue weighted by Crippen LogP contribution is -2.12. The Morgan fingerprint density at radius 2 is 1.89 bits per heavy atom. The van der Waals surface area contributed by atoms with Crippen molar-refractivity contribution in [2.24, 2.45) is 0 Å². The van der Waals surface area contributed by atoms with Crippen LogP contribution in [0.25, 0.3) is 0 Å². The van der Waals surface area contributed by atoms with Crippen LogP contribution in [0.5, 0.6) is 5.75 Å². The second-order valence-corrected chi connectivity index (χ2v) is 5.91. The number of methoxy groups -OCH3 is 1. The first-order chi connectivity index (χ1) is 9.10. The molecule has 0 spiro atoms. The third kappa shape index (κ3) is 3.70. The number of benzene rings is 2. The van der Waals surface area contributed by atoms with Crippen molar-refractivity contribution < 1.29 is 9.53 Å². The Bertz CT molecular complexity index is 599. The van der Waals surface area contributed by atoms with Gasteiger partial charge >= 0.3 is 0 Å². The lowest BCUT2D eigenvalue weighted by Gasteiger charge is -2.08. The largest absolute Gasteiger partial charge is 0.497 e. The van der Waals surface area contributed by atoms with E-state index in [1.54, 1.807) is 31.4 Å². The van der Waals surface area contributed by atoms with Gasteiger partial charge in [0.25, 0.3) is 5.91 Å². The van der Waals surface area contributed by atoms with E-state index in [4.69, 9.17) is 4.74 Å². The number of nitrogens with one attached hydrogen (secondary N) is 1. The van der Waals surface area contributed by atoms with Gasteiger partial charge in [0.05, 0.1) is 12.7 Å². The maximum absolute atomic E-state index is 12.2. The van der Waals surface area contributed by atoms with Crippen LogP contribution in [0.4, 0.5) is 5.69 Å². The Morgan fingerprint density at radius 3 is 2.53 bits per heavy atom. The van der Waals surface area contributed by atoms with Crippen molar-refractivity contribution in [1.29, 1.82) is 0 Å². The Hall–Kier alpha value is -1.08. The number of amides is 1. The topological polar surface area (TPSA) is 38.3 Å². The predicted molar refractivity (Wildman–Crippen MR) is 87.8 cm³/mol. The van der Waals surface area contributed by atoms with E-state index >= 15 is 0 Å². The van der Waals surface area contributed by atoms with Crippen LogP contribution < -0.4 is 10.1 Å². The van der Waals surface area contributed by atoms with Gasteiger partial charge in [-0.2, -0.15) is 0 Å². The molecule has 0 aromatic heterocycles. The highest BCUT2D eigenvalue weighted by molar-refractivity contribution is 14.1. The SMILES string of the molecule is COc1ccc(NC(=O)c2cc(I)ccc2Br)cc1. The normalized spacial score (nSPS) is 10.1. The highest BCUT2D eigenvalue weighted by Gasteiger charge is 2.10. The molecule has 5 heteroatoms. The number of carbonyl (C=O) groups excluding carboxylic acids is 1. The molecule has 0 bridgehead atoms. The number of hydrogen-bond donors (Lipinski definition) is 1. The molecule has 3 nitrogen and oxygen atoms in total. The van der Waals surface area contributed by atoms with Gasteiger partial charge in [0.2, 0.25) is 0 Å². The van der Waals surface area contributed by atoms with Crippen LogP contribution >= 0.6 is 38.5 Å². The lowest BCUT2D eigenvalue weighted by atomic mass is 10.2. The molecule has 0 fully saturated rings. The summed E-state index contributed by atoms with van der Waals surface area (Å²) in [6.45, 7) is 0. The van der Waals surface area contributed by atoms with Gasteiger partial charge in [-0.15, -0.1) is 0 Å². The quantitative estimate of drug-likeness (QED) is 0.735. The van der Waals surface area contributed by atoms with E-state index < -0.39 is 0 Å². The molecule has 0 saturated heterocycles. The fourth-order valence-corrected chi connectivity index (χ4v) is 2.46. The van der Waals surface area contributed by atoms with E-state index in [1.807, 2.05) is 18.2 Å². The zero-order chi connectivity index (χ0) is 13.8. The molecule has 19 heavy (non-hydrogen) atoms. The van der Waals surface area contributed by atoms with Crippen LogP contribution in [-0.4, -0.2) is 13.0 Å². The van der Waals surface area contributed by atoms with Crippen molar-refractivity contribution in [3.8, 4) is 5.75 Å². The van der Waals surface area contributed by atoms with Gasteiger partial charge in [0.15, 0.2) is 0 Å². The summed E-state index contributed by atoms with van der Waals surface area (Å²) < 4.78 is 6.86. The molecule has 98 valence electrons. The predicted octanol–water partition coefficient (Wildman–Crippen LogP) is 4.31. The number of carbonyl (C=O) groups is 1. The second-order valence-electron chi connectivity index (χ2n) is 3.81. The molecule has 0 radical (unpaired) electrons. The van der Waals surface area contributed by atoms with Crippen LogP contribution in [0.2, 0.25) is 0 Å². The number of anilines is 1. The van der Waals surface area contributed by atoms with Crippen LogP contribution in [0.1, 0.15) is 10.4 Å². The van der Waals surface area contributed by atoms with Crippen molar-refractivity contribution in [3.05, 3.63) is 56.1 Å². The minimum Gasteiger partial charge on any atom is -0.497 e. The molecule has 0 heterocycles. The van der Waals surface area contributed by atoms with Gasteiger partial charge < -0.3 is 10.1 Å². The molecule has 2 aromatic rings. The summed E-state index contributed by atoms with van der Waals surface area (Å²) in [5.41, 5.74) is 1.35. The smallest absolute Gasteiger partial charge is 0.256 e. The summed E-state index contributed by atoms with van der Waals surface area (Å²) in [7, 11) is 1.61. The minimum absolute atomic E-state index is 0.143. The molecule has 2 rings (SSSR count). The fourth-order valence-electron chi connectivity index (χ4n) is 1.54. The third-order valence-electron chi connectivity index (χ3n) is 2.52. The van der Waals surface area contributed by atoms with Crippen molar-refractivity contribution >= 4 is 50.1 Å². The van der Waals surface area contributed by atoms with Crippen LogP contribution in [0.15, 0.2) is 46.9 Å². The maximum Gasteiger partial charge on any atom is 0.256 e. The van der Waals surface area contributed by atoms with Gasteiger partial charge in [0, 0.05) is 13.7 Å². The third-order valence-corrected chi connectivity index (χ3v) is 3.88. The first kappa shape index (κ1) is 14.3. The van der Waals surface area contributed by atoms with Crippen molar-refractivity contribution in [3.63, 3.8) is 0 Å². The zero-order valence-electron chi connectivity index (χ0n) is 10.1. The molecule has 0 saturated carbocycles. The molecule has 0 aliphatic carbocycles. The number of rotatable bonds is 3. The van der Waals surface area contributed by atoms with Crippen molar-refractivity contribution in [1.82, 2.24) is 0 Å². The second kappa shape index (κ2) is 6.38. The highest BCUT2D eigenvalue weighted by Crippen LogP contribution is 2.21. The molecule has 1 amide bonds. The highest BCUT2D eigenvalue weighted by atomic mass is 127. The maximum atomic E-state index is 12.2. The zero-order valence-corrected chi connectivity index (χ0v) is 13.9. The standard InChI is InChI=1S/C14H11BrINO2/c1-19-11-5-3-10(4-6-11)17-14(18)12-8-9(16)2-7-13(12)15/h2-8H,1H3,(H,17,18). The van der Waals surface area contributed by atoms with E-state index in [1.165, 1.54) is 0 Å². The van der Waals surface area contributed by atoms with Crippen LogP contribution in [0.3, 0.4) is 0 Å². The molecule has 0 atom stereocenters. The Balaban J connectivity index is 2.18. The summed E-state index contributed by atoms with van der Waals surface area (Å²) in [6.07, 6.45) is 0. The summed E-state index contributed by atoms with van der Waals surface area (Å²) in [6, 6.07) is 12.9. The summed E-state index contributed by atoms with van der Waals surface area (Å²) in [4.78, 5) is 12.2. The monoisotopic (exact) mass is 431 g/mol. The first-order valence-electron chi connectivity index (χ1n) is 5.50. The van der Waals surface area contributed by atoms with E-state index in [-0.39, 0.29) is 5.91 Å². The molecule has 1 N–H and O–H groups in total. The summed E-state index contributed by atoms with van der Waals surface area (Å²) >= 11 is 5.56. The van der Waals surface area contributed by atoms with E-state index in [2.05, 4.69) is 43.8 Å². The Morgan fingerprint density at radius 1 is 1.21 bits per heavy atom. The van der Waals surface area contributed by atoms with Gasteiger partial charge in [-0.3, -0.25) is 4.79 Å². The van der Waals surface area contributed by atoms with Crippen LogP contribution in [-0.2, 0) is 0 Å². The number of halogens is 2. The van der Waals surface area contributed by atoms with E-state index in [9.17, 15) is 4.79 Å². The van der Waals surface area contributed by atoms with Gasteiger partial charge in [-0.05, 0) is 81.0 Å². The number of hydrogen-bond acceptors (Lipinski definition) is 2. The van der Waals surface area contributed by atoms with Crippen molar-refractivity contribution in [2.75, 3.05) is 12.4 Å². The number of ether oxygens (including phenoxy) is 1. The fraction of sp³-hybridized carbons (Fsp3) is 0.0714. The summed E-state index contributed by atoms with van der Waals surface area (Å²) in [5.74, 6) is 0.615. The molecule has 0 aliphatic heterocycles. The van der Waals surface area contributed by atoms with E-state index in [0.29, 0.717) is 5.56 Å². The molecular weight excluding hydrogens is 421 g/mol. The average Bonchev–Trinajstić information content (AvgIpc) is 2.42. The molecular formula is C14H11BrINO2. The van der Waals surface area contributed by atoms with Gasteiger partial charge in [-0.25, -0.2) is 0 Å². The summed E-state index contributed by atoms with van der Waals surface area (Å²) in [5, 5.41) is 2.85. The first-order valence-corrected chi connectivity index (χ1v) is 7.38. The molecule has 0 aliphatic rings. The molecule has 2 aromatic carbocycles. The van der Waals surface area contributed by atoms with Crippen molar-refractivity contribution in [2.45, 2.75) is 0 Å². The Labute approximate surface area is 133 Å². The van der Waals surface area contributed by atoms with Crippen LogP contribution in [0, 0.1) is 3.57 Å². The van der Waals surface area contributed by atoms with Gasteiger partial charge in [0.1, 0.15) is 5.75 Å². The Kier molecular flexibility index (Phi) is 4.81. The van der Waals surface area contributed by atoms with E-state index in [0.717, 1.165) is 19.5 Å². The lowest BCUT2D eigenvalue weighted by molar-refractivity contribution is 0.102. The average molecular weight is 432 g/mol. The van der Waals surface area contributed by atoms with Gasteiger partial charge in [-0.1, -0.05) is 0 Å². The molecule has 0 unspecified atom stereocenters. The minimum atomic E-state index is -0.143.